The topological polar surface area (TPSA) is 137 Å². The third-order valence-electron chi connectivity index (χ3n) is 9.60. The number of ether oxygens (including phenoxy) is 2. The fourth-order valence-electron chi connectivity index (χ4n) is 7.44. The minimum atomic E-state index is -0.726. The number of nitrogens with zero attached hydrogens (tertiary/aromatic N) is 1. The number of carbonyl (C=O) groups excluding carboxylic acids is 3. The molecule has 3 aliphatic rings. The number of amides is 3. The summed E-state index contributed by atoms with van der Waals surface area (Å²) in [6.45, 7) is 6.44. The smallest absolute Gasteiger partial charge is 0.411 e. The molecule has 3 fully saturated rings. The van der Waals surface area contributed by atoms with Crippen LogP contribution in [0.25, 0.3) is 0 Å². The summed E-state index contributed by atoms with van der Waals surface area (Å²) in [4.78, 5) is 39.4. The van der Waals surface area contributed by atoms with Gasteiger partial charge in [-0.1, -0.05) is 13.8 Å². The number of aliphatic hydroxyl groups excluding tert-OH is 2. The predicted molar refractivity (Wildman–Crippen MR) is 145 cm³/mol. The highest BCUT2D eigenvalue weighted by Gasteiger charge is 2.60. The van der Waals surface area contributed by atoms with Crippen LogP contribution in [0.1, 0.15) is 59.3 Å². The molecule has 2 aliphatic carbocycles. The molecule has 0 spiro atoms. The van der Waals surface area contributed by atoms with Gasteiger partial charge in [0, 0.05) is 43.6 Å². The minimum absolute atomic E-state index is 0.0169. The summed E-state index contributed by atoms with van der Waals surface area (Å²) in [5, 5.41) is 27.4. The maximum atomic E-state index is 13.3. The van der Waals surface area contributed by atoms with Crippen molar-refractivity contribution < 1.29 is 34.1 Å². The Kier molecular flexibility index (Phi) is 8.75. The maximum Gasteiger partial charge on any atom is 0.411 e. The number of nitrogens with one attached hydrogen (secondary N) is 2. The van der Waals surface area contributed by atoms with E-state index in [9.17, 15) is 24.6 Å². The van der Waals surface area contributed by atoms with E-state index in [1.165, 1.54) is 6.92 Å². The number of methoxy groups -OCH3 is 1. The van der Waals surface area contributed by atoms with Crippen molar-refractivity contribution in [3.05, 3.63) is 24.3 Å². The van der Waals surface area contributed by atoms with Crippen LogP contribution in [0.15, 0.2) is 24.3 Å². The van der Waals surface area contributed by atoms with Crippen LogP contribution in [0.2, 0.25) is 0 Å². The third kappa shape index (κ3) is 6.01. The molecule has 1 saturated heterocycles. The van der Waals surface area contributed by atoms with Crippen molar-refractivity contribution in [2.45, 2.75) is 77.5 Å². The van der Waals surface area contributed by atoms with Crippen LogP contribution in [0, 0.1) is 22.7 Å². The summed E-state index contributed by atoms with van der Waals surface area (Å²) in [6, 6.07) is 6.91. The zero-order valence-corrected chi connectivity index (χ0v) is 23.4. The Morgan fingerprint density at radius 2 is 1.82 bits per heavy atom. The first-order valence-corrected chi connectivity index (χ1v) is 14.0. The number of likely N-dealkylation sites (tertiary alicyclic amines) is 1. The van der Waals surface area contributed by atoms with E-state index in [0.29, 0.717) is 50.2 Å². The van der Waals surface area contributed by atoms with Crippen LogP contribution in [0.4, 0.5) is 10.5 Å². The van der Waals surface area contributed by atoms with Gasteiger partial charge in [-0.3, -0.25) is 14.9 Å². The Bertz CT molecular complexity index is 1050. The molecule has 10 heteroatoms. The molecule has 0 radical (unpaired) electrons. The Balaban J connectivity index is 1.44. The van der Waals surface area contributed by atoms with Crippen LogP contribution < -0.4 is 15.4 Å². The first-order chi connectivity index (χ1) is 18.5. The van der Waals surface area contributed by atoms with E-state index in [1.807, 2.05) is 6.92 Å². The van der Waals surface area contributed by atoms with Crippen LogP contribution in [-0.4, -0.2) is 78.1 Å². The van der Waals surface area contributed by atoms with Crippen molar-refractivity contribution in [2.75, 3.05) is 32.1 Å². The molecule has 4 rings (SSSR count). The van der Waals surface area contributed by atoms with Gasteiger partial charge in [0.15, 0.2) is 0 Å². The Morgan fingerprint density at radius 3 is 2.46 bits per heavy atom. The molecule has 3 amide bonds. The van der Waals surface area contributed by atoms with Crippen molar-refractivity contribution in [3.63, 3.8) is 0 Å². The van der Waals surface area contributed by atoms with Crippen molar-refractivity contribution in [2.24, 2.45) is 22.7 Å². The van der Waals surface area contributed by atoms with Gasteiger partial charge < -0.3 is 29.9 Å². The van der Waals surface area contributed by atoms with Crippen LogP contribution >= 0.6 is 0 Å². The van der Waals surface area contributed by atoms with Crippen molar-refractivity contribution in [1.29, 1.82) is 0 Å². The van der Waals surface area contributed by atoms with E-state index in [-0.39, 0.29) is 42.7 Å². The Morgan fingerprint density at radius 1 is 1.10 bits per heavy atom. The van der Waals surface area contributed by atoms with Crippen molar-refractivity contribution >= 4 is 23.6 Å². The molecular formula is C29H43N3O7. The molecule has 1 aromatic rings. The average Bonchev–Trinajstić information content (AvgIpc) is 3.36. The van der Waals surface area contributed by atoms with E-state index in [0.717, 1.165) is 6.42 Å². The van der Waals surface area contributed by atoms with Gasteiger partial charge in [-0.15, -0.1) is 0 Å². The van der Waals surface area contributed by atoms with E-state index in [1.54, 1.807) is 36.3 Å². The fraction of sp³-hybridized carbons (Fsp3) is 0.690. The molecule has 2 saturated carbocycles. The highest BCUT2D eigenvalue weighted by molar-refractivity contribution is 5.84. The van der Waals surface area contributed by atoms with Gasteiger partial charge in [0.25, 0.3) is 0 Å². The predicted octanol–water partition coefficient (Wildman–Crippen LogP) is 2.93. The summed E-state index contributed by atoms with van der Waals surface area (Å²) >= 11 is 0. The second kappa shape index (κ2) is 11.7. The van der Waals surface area contributed by atoms with Gasteiger partial charge in [0.2, 0.25) is 11.8 Å². The fourth-order valence-corrected chi connectivity index (χ4v) is 7.44. The summed E-state index contributed by atoms with van der Waals surface area (Å²) in [6.07, 6.45) is 1.60. The van der Waals surface area contributed by atoms with E-state index >= 15 is 0 Å². The highest BCUT2D eigenvalue weighted by Crippen LogP contribution is 2.61. The van der Waals surface area contributed by atoms with Crippen molar-refractivity contribution in [1.82, 2.24) is 10.2 Å². The van der Waals surface area contributed by atoms with Gasteiger partial charge in [-0.2, -0.15) is 0 Å². The number of carbonyl (C=O) groups is 3. The molecule has 1 aliphatic heterocycles. The van der Waals surface area contributed by atoms with Gasteiger partial charge in [0.1, 0.15) is 11.9 Å². The molecular weight excluding hydrogens is 502 g/mol. The number of hydrogen-bond acceptors (Lipinski definition) is 7. The van der Waals surface area contributed by atoms with Gasteiger partial charge in [-0.25, -0.2) is 4.79 Å². The molecule has 1 aromatic carbocycles. The monoisotopic (exact) mass is 545 g/mol. The summed E-state index contributed by atoms with van der Waals surface area (Å²) in [5.41, 5.74) is -0.557. The molecule has 7 atom stereocenters. The largest absolute Gasteiger partial charge is 0.497 e. The lowest BCUT2D eigenvalue weighted by atomic mass is 9.46. The summed E-state index contributed by atoms with van der Waals surface area (Å²) < 4.78 is 11.1. The number of hydrogen-bond donors (Lipinski definition) is 4. The van der Waals surface area contributed by atoms with Crippen LogP contribution in [0.3, 0.4) is 0 Å². The molecule has 10 nitrogen and oxygen atoms in total. The first kappa shape index (κ1) is 29.1. The zero-order chi connectivity index (χ0) is 28.4. The molecule has 1 heterocycles. The third-order valence-corrected chi connectivity index (χ3v) is 9.60. The standard InChI is InChI=1S/C29H43N3O7/c1-18(34)30-20-12-14-32(16-20)26(36)15-22-23(35)9-10-24-28(22,2)13-11-25(29(24,3)17-33)39-27(37)31-19-5-7-21(38-4)8-6-19/h5-8,20,22-25,33,35H,9-17H2,1-4H3,(H,30,34)(H,31,37)/t20-,22-,23+,24+,25+,28-,29-/m0/s1. The van der Waals surface area contributed by atoms with E-state index < -0.39 is 29.1 Å². The molecule has 0 bridgehead atoms. The molecule has 39 heavy (non-hydrogen) atoms. The van der Waals surface area contributed by atoms with Crippen LogP contribution in [-0.2, 0) is 14.3 Å². The molecule has 4 N–H and O–H groups in total. The normalized spacial score (nSPS) is 34.1. The quantitative estimate of drug-likeness (QED) is 0.413. The highest BCUT2D eigenvalue weighted by atomic mass is 16.6. The minimum Gasteiger partial charge on any atom is -0.497 e. The lowest BCUT2D eigenvalue weighted by molar-refractivity contribution is -0.186. The molecule has 216 valence electrons. The summed E-state index contributed by atoms with van der Waals surface area (Å²) in [5.74, 6) is 0.236. The number of benzene rings is 1. The summed E-state index contributed by atoms with van der Waals surface area (Å²) in [7, 11) is 1.57. The first-order valence-electron chi connectivity index (χ1n) is 14.0. The Labute approximate surface area is 230 Å². The SMILES string of the molecule is COc1ccc(NC(=O)O[C@@H]2CC[C@]3(C)[C@@H](CC[C@@H](O)[C@@H]3CC(=O)N3CC[C@H](NC(C)=O)C3)[C@]2(C)CO)cc1. The second-order valence-corrected chi connectivity index (χ2v) is 12.0. The van der Waals surface area contributed by atoms with E-state index in [4.69, 9.17) is 9.47 Å². The lowest BCUT2D eigenvalue weighted by Crippen LogP contribution is -2.61. The van der Waals surface area contributed by atoms with Crippen molar-refractivity contribution in [3.8, 4) is 5.75 Å². The average molecular weight is 546 g/mol. The van der Waals surface area contributed by atoms with Gasteiger partial charge >= 0.3 is 6.09 Å². The van der Waals surface area contributed by atoms with Crippen LogP contribution in [0.5, 0.6) is 5.75 Å². The number of fused-ring (bicyclic) bond motifs is 1. The Hall–Kier alpha value is -2.85. The number of anilines is 1. The second-order valence-electron chi connectivity index (χ2n) is 12.0. The number of aliphatic hydroxyl groups is 2. The number of rotatable bonds is 7. The zero-order valence-electron chi connectivity index (χ0n) is 23.4. The van der Waals surface area contributed by atoms with Gasteiger partial charge in [0.05, 0.1) is 19.8 Å². The maximum absolute atomic E-state index is 13.3. The molecule has 0 unspecified atom stereocenters. The van der Waals surface area contributed by atoms with E-state index in [2.05, 4.69) is 17.6 Å². The lowest BCUT2D eigenvalue weighted by Gasteiger charge is -2.60. The van der Waals surface area contributed by atoms with Gasteiger partial charge in [-0.05, 0) is 73.6 Å². The molecule has 0 aromatic heterocycles.